The van der Waals surface area contributed by atoms with Gasteiger partial charge < -0.3 is 14.6 Å². The summed E-state index contributed by atoms with van der Waals surface area (Å²) in [6, 6.07) is 10.3. The van der Waals surface area contributed by atoms with E-state index in [1.54, 1.807) is 26.4 Å². The highest BCUT2D eigenvalue weighted by Crippen LogP contribution is 2.38. The second kappa shape index (κ2) is 7.94. The van der Waals surface area contributed by atoms with Crippen molar-refractivity contribution in [3.63, 3.8) is 0 Å². The van der Waals surface area contributed by atoms with Crippen LogP contribution in [0.5, 0.6) is 11.5 Å². The lowest BCUT2D eigenvalue weighted by Crippen LogP contribution is -2.37. The Hall–Kier alpha value is -2.64. The zero-order valence-electron chi connectivity index (χ0n) is 15.7. The summed E-state index contributed by atoms with van der Waals surface area (Å²) in [6.07, 6.45) is 0.0378. The number of nitro benzene ring substituents is 1. The van der Waals surface area contributed by atoms with E-state index >= 15 is 0 Å². The second-order valence-electron chi connectivity index (χ2n) is 6.69. The van der Waals surface area contributed by atoms with E-state index in [9.17, 15) is 15.2 Å². The Kier molecular flexibility index (Phi) is 5.62. The fraction of sp³-hybridized carbons (Fsp3) is 0.400. The molecule has 0 spiro atoms. The number of non-ortho nitro benzene ring substituents is 1. The number of ether oxygens (including phenoxy) is 2. The van der Waals surface area contributed by atoms with Gasteiger partial charge in [0.25, 0.3) is 5.69 Å². The van der Waals surface area contributed by atoms with Crippen LogP contribution in [0.4, 0.5) is 5.69 Å². The Labute approximate surface area is 158 Å². The molecule has 0 fully saturated rings. The van der Waals surface area contributed by atoms with E-state index in [4.69, 9.17) is 9.47 Å². The monoisotopic (exact) mass is 372 g/mol. The molecule has 2 aromatic rings. The maximum Gasteiger partial charge on any atom is 0.269 e. The SMILES string of the molecule is COc1cc2c(cc1OC)[C@H](C)N(C[C@H](O)c1cccc([N+](=O)[O-])c1)CC2. The first kappa shape index (κ1) is 19.1. The Morgan fingerprint density at radius 2 is 1.96 bits per heavy atom. The smallest absolute Gasteiger partial charge is 0.269 e. The van der Waals surface area contributed by atoms with Crippen LogP contribution in [0.1, 0.15) is 35.8 Å². The molecule has 2 atom stereocenters. The molecule has 0 saturated heterocycles. The first-order valence-electron chi connectivity index (χ1n) is 8.85. The molecule has 7 heteroatoms. The minimum atomic E-state index is -0.797. The highest BCUT2D eigenvalue weighted by Gasteiger charge is 2.28. The number of aliphatic hydroxyl groups is 1. The molecule has 0 radical (unpaired) electrons. The number of benzene rings is 2. The summed E-state index contributed by atoms with van der Waals surface area (Å²) in [6.45, 7) is 3.27. The van der Waals surface area contributed by atoms with Crippen LogP contribution in [-0.4, -0.2) is 42.2 Å². The average Bonchev–Trinajstić information content (AvgIpc) is 2.69. The standard InChI is InChI=1S/C20H24N2O5/c1-13-17-11-20(27-3)19(26-2)10-14(17)7-8-21(13)12-18(23)15-5-4-6-16(9-15)22(24)25/h4-6,9-11,13,18,23H,7-8,12H2,1-3H3/t13-,18-/m0/s1. The first-order chi connectivity index (χ1) is 12.9. The maximum atomic E-state index is 11.0. The Morgan fingerprint density at radius 1 is 1.26 bits per heavy atom. The van der Waals surface area contributed by atoms with Crippen LogP contribution < -0.4 is 9.47 Å². The molecular weight excluding hydrogens is 348 g/mol. The predicted octanol–water partition coefficient (Wildman–Crippen LogP) is 3.26. The molecule has 0 saturated carbocycles. The fourth-order valence-corrected chi connectivity index (χ4v) is 3.62. The van der Waals surface area contributed by atoms with Crippen molar-refractivity contribution in [2.45, 2.75) is 25.5 Å². The van der Waals surface area contributed by atoms with Crippen molar-refractivity contribution in [1.82, 2.24) is 4.90 Å². The van der Waals surface area contributed by atoms with Gasteiger partial charge in [-0.1, -0.05) is 12.1 Å². The van der Waals surface area contributed by atoms with Crippen molar-refractivity contribution in [2.24, 2.45) is 0 Å². The number of rotatable bonds is 6. The summed E-state index contributed by atoms with van der Waals surface area (Å²) in [5.74, 6) is 1.40. The van der Waals surface area contributed by atoms with Crippen LogP contribution in [0.15, 0.2) is 36.4 Å². The number of methoxy groups -OCH3 is 2. The van der Waals surface area contributed by atoms with Crippen molar-refractivity contribution >= 4 is 5.69 Å². The Morgan fingerprint density at radius 3 is 2.63 bits per heavy atom. The van der Waals surface area contributed by atoms with Crippen molar-refractivity contribution in [1.29, 1.82) is 0 Å². The molecule has 1 N–H and O–H groups in total. The lowest BCUT2D eigenvalue weighted by Gasteiger charge is -2.36. The molecule has 7 nitrogen and oxygen atoms in total. The van der Waals surface area contributed by atoms with Crippen LogP contribution in [-0.2, 0) is 6.42 Å². The number of β-amino-alcohol motifs (C(OH)–C–C–N with tert-alkyl or cyclic N) is 1. The molecule has 1 aliphatic heterocycles. The zero-order valence-corrected chi connectivity index (χ0v) is 15.7. The quantitative estimate of drug-likeness (QED) is 0.619. The third kappa shape index (κ3) is 3.89. The van der Waals surface area contributed by atoms with E-state index in [0.29, 0.717) is 23.6 Å². The van der Waals surface area contributed by atoms with Crippen LogP contribution in [0.2, 0.25) is 0 Å². The van der Waals surface area contributed by atoms with E-state index in [0.717, 1.165) is 18.5 Å². The van der Waals surface area contributed by atoms with Crippen LogP contribution in [0, 0.1) is 10.1 Å². The molecule has 1 heterocycles. The maximum absolute atomic E-state index is 11.0. The summed E-state index contributed by atoms with van der Waals surface area (Å²) >= 11 is 0. The number of aliphatic hydroxyl groups excluding tert-OH is 1. The van der Waals surface area contributed by atoms with Crippen LogP contribution in [0.25, 0.3) is 0 Å². The third-order valence-electron chi connectivity index (χ3n) is 5.18. The van der Waals surface area contributed by atoms with Crippen molar-refractivity contribution in [2.75, 3.05) is 27.3 Å². The van der Waals surface area contributed by atoms with Crippen molar-refractivity contribution < 1.29 is 19.5 Å². The van der Waals surface area contributed by atoms with Crippen LogP contribution >= 0.6 is 0 Å². The predicted molar refractivity (Wildman–Crippen MR) is 101 cm³/mol. The lowest BCUT2D eigenvalue weighted by molar-refractivity contribution is -0.385. The first-order valence-corrected chi connectivity index (χ1v) is 8.85. The summed E-state index contributed by atoms with van der Waals surface area (Å²) in [4.78, 5) is 12.7. The molecule has 2 aromatic carbocycles. The highest BCUT2D eigenvalue weighted by atomic mass is 16.6. The number of nitro groups is 1. The van der Waals surface area contributed by atoms with Gasteiger partial charge in [-0.05, 0) is 42.2 Å². The van der Waals surface area contributed by atoms with Crippen molar-refractivity contribution in [3.05, 3.63) is 63.2 Å². The molecule has 27 heavy (non-hydrogen) atoms. The topological polar surface area (TPSA) is 85.1 Å². The molecule has 0 aliphatic carbocycles. The lowest BCUT2D eigenvalue weighted by atomic mass is 9.92. The minimum absolute atomic E-state index is 0.0135. The summed E-state index contributed by atoms with van der Waals surface area (Å²) < 4.78 is 10.8. The van der Waals surface area contributed by atoms with E-state index in [-0.39, 0.29) is 11.7 Å². The van der Waals surface area contributed by atoms with Gasteiger partial charge in [0.15, 0.2) is 11.5 Å². The van der Waals surface area contributed by atoms with Gasteiger partial charge in [0.1, 0.15) is 0 Å². The van der Waals surface area contributed by atoms with Gasteiger partial charge in [-0.3, -0.25) is 15.0 Å². The van der Waals surface area contributed by atoms with E-state index in [1.165, 1.54) is 17.7 Å². The largest absolute Gasteiger partial charge is 0.493 e. The molecule has 0 unspecified atom stereocenters. The van der Waals surface area contributed by atoms with E-state index in [1.807, 2.05) is 12.1 Å². The zero-order chi connectivity index (χ0) is 19.6. The Balaban J connectivity index is 1.80. The van der Waals surface area contributed by atoms with Gasteiger partial charge in [-0.25, -0.2) is 0 Å². The van der Waals surface area contributed by atoms with Gasteiger partial charge in [0.2, 0.25) is 0 Å². The average molecular weight is 372 g/mol. The third-order valence-corrected chi connectivity index (χ3v) is 5.18. The van der Waals surface area contributed by atoms with Gasteiger partial charge >= 0.3 is 0 Å². The van der Waals surface area contributed by atoms with E-state index in [2.05, 4.69) is 11.8 Å². The molecule has 1 aliphatic rings. The van der Waals surface area contributed by atoms with Crippen LogP contribution in [0.3, 0.4) is 0 Å². The van der Waals surface area contributed by atoms with Gasteiger partial charge in [0, 0.05) is 31.3 Å². The number of hydrogen-bond acceptors (Lipinski definition) is 6. The second-order valence-corrected chi connectivity index (χ2v) is 6.69. The summed E-state index contributed by atoms with van der Waals surface area (Å²) in [5, 5.41) is 21.6. The normalized spacial score (nSPS) is 17.9. The van der Waals surface area contributed by atoms with Gasteiger partial charge in [0.05, 0.1) is 25.2 Å². The van der Waals surface area contributed by atoms with Gasteiger partial charge in [-0.15, -0.1) is 0 Å². The number of nitrogens with zero attached hydrogens (tertiary/aromatic N) is 2. The number of fused-ring (bicyclic) bond motifs is 1. The minimum Gasteiger partial charge on any atom is -0.493 e. The Bertz CT molecular complexity index is 839. The molecule has 0 aromatic heterocycles. The van der Waals surface area contributed by atoms with Crippen molar-refractivity contribution in [3.8, 4) is 11.5 Å². The highest BCUT2D eigenvalue weighted by molar-refractivity contribution is 5.49. The molecule has 0 amide bonds. The fourth-order valence-electron chi connectivity index (χ4n) is 3.62. The molecule has 3 rings (SSSR count). The number of hydrogen-bond donors (Lipinski definition) is 1. The van der Waals surface area contributed by atoms with E-state index < -0.39 is 11.0 Å². The van der Waals surface area contributed by atoms with Gasteiger partial charge in [-0.2, -0.15) is 0 Å². The summed E-state index contributed by atoms with van der Waals surface area (Å²) in [7, 11) is 3.24. The molecule has 0 bridgehead atoms. The molecular formula is C20H24N2O5. The summed E-state index contributed by atoms with van der Waals surface area (Å²) in [5.41, 5.74) is 2.89. The molecule has 144 valence electrons.